The van der Waals surface area contributed by atoms with E-state index in [-0.39, 0.29) is 5.97 Å². The molecule has 0 aromatic heterocycles. The molecule has 10 fully saturated rings. The summed E-state index contributed by atoms with van der Waals surface area (Å²) in [5, 5.41) is 0. The van der Waals surface area contributed by atoms with Gasteiger partial charge in [-0.3, -0.25) is 0 Å². The second-order valence-electron chi connectivity index (χ2n) is 10.6. The van der Waals surface area contributed by atoms with Crippen molar-refractivity contribution in [3.05, 3.63) is 0 Å². The van der Waals surface area contributed by atoms with Crippen LogP contribution in [0.15, 0.2) is 0 Å². The summed E-state index contributed by atoms with van der Waals surface area (Å²) >= 11 is 0. The van der Waals surface area contributed by atoms with Gasteiger partial charge < -0.3 is 0 Å². The fraction of sp³-hybridized carbons (Fsp3) is 0.923. The van der Waals surface area contributed by atoms with Crippen molar-refractivity contribution < 1.29 is 16.0 Å². The first-order valence-corrected chi connectivity index (χ1v) is 13.1. The number of hydrogen-bond donors (Lipinski definition) is 0. The van der Waals surface area contributed by atoms with Gasteiger partial charge in [0.1, 0.15) is 0 Å². The Kier molecular flexibility index (Phi) is 0.153. The van der Waals surface area contributed by atoms with Gasteiger partial charge in [-0.25, -0.2) is 0 Å². The van der Waals surface area contributed by atoms with Crippen LogP contribution in [0.1, 0.15) is 6.92 Å². The van der Waals surface area contributed by atoms with E-state index in [4.69, 9.17) is 4.74 Å². The number of rotatable bonds is 2. The van der Waals surface area contributed by atoms with Gasteiger partial charge in [0.15, 0.2) is 0 Å². The molecule has 4 unspecified atom stereocenters. The van der Waals surface area contributed by atoms with Crippen molar-refractivity contribution in [1.29, 1.82) is 0 Å². The Morgan fingerprint density at radius 3 is 1.81 bits per heavy atom. The van der Waals surface area contributed by atoms with Crippen molar-refractivity contribution in [2.75, 3.05) is 6.61 Å². The molecule has 1 spiro atoms. The molecule has 4 atom stereocenters. The molecule has 10 rings (SSSR count). The summed E-state index contributed by atoms with van der Waals surface area (Å²) in [6, 6.07) is 0. The topological polar surface area (TPSA) is 26.3 Å². The average Bonchev–Trinajstić information content (AvgIpc) is 3.20. The predicted octanol–water partition coefficient (Wildman–Crippen LogP) is 3.31. The minimum atomic E-state index is -2.88. The summed E-state index contributed by atoms with van der Waals surface area (Å²) in [6.45, 7) is -0.370. The van der Waals surface area contributed by atoms with Gasteiger partial charge in [-0.2, -0.15) is 0 Å². The number of fused-ring (bicyclic) bond motifs is 10. The van der Waals surface area contributed by atoms with Gasteiger partial charge in [0.25, 0.3) is 0 Å². The van der Waals surface area contributed by atoms with Gasteiger partial charge in [0, 0.05) is 0 Å². The molecule has 0 aromatic rings. The molecule has 10 heterocycles. The summed E-state index contributed by atoms with van der Waals surface area (Å²) in [5.74, 6) is -0.0176. The van der Waals surface area contributed by atoms with Crippen molar-refractivity contribution in [3.8, 4) is 0 Å². The summed E-state index contributed by atoms with van der Waals surface area (Å²) in [6.07, 6.45) is 0. The Morgan fingerprint density at radius 1 is 1.06 bits per heavy atom. The van der Waals surface area contributed by atoms with E-state index in [1.165, 1.54) is 43.3 Å². The second-order valence-corrected chi connectivity index (χ2v) is 34.3. The van der Waals surface area contributed by atoms with Gasteiger partial charge in [0.2, 0.25) is 0 Å². The maximum absolute atomic E-state index is 11.2. The third kappa shape index (κ3) is 0.0492. The van der Waals surface area contributed by atoms with E-state index >= 15 is 0 Å². The fourth-order valence-corrected chi connectivity index (χ4v) is 91.7. The van der Waals surface area contributed by atoms with E-state index in [2.05, 4.69) is 0 Å². The fourth-order valence-electron chi connectivity index (χ4n) is 17.3. The van der Waals surface area contributed by atoms with Crippen LogP contribution in [0.2, 0.25) is 47.7 Å². The summed E-state index contributed by atoms with van der Waals surface area (Å²) in [5.41, 5.74) is 0. The SMILES string of the molecule is CC(=O)OC[C]12[CH]3[CH]4[CH]5[CH]1[Fe]45321678[CH]2[CH]1[CH]6[CH]7[CH]28. The molecule has 0 saturated carbocycles. The van der Waals surface area contributed by atoms with Crippen molar-refractivity contribution in [2.45, 2.75) is 54.6 Å². The molecular formula is C13H14FeO2. The Morgan fingerprint density at radius 2 is 1.56 bits per heavy atom. The number of carbonyl (C=O) groups excluding carboxylic acids is 1. The first kappa shape index (κ1) is 5.75. The summed E-state index contributed by atoms with van der Waals surface area (Å²) in [7, 11) is 0. The average molecular weight is 258 g/mol. The van der Waals surface area contributed by atoms with Crippen molar-refractivity contribution in [2.24, 2.45) is 0 Å². The molecule has 16 heavy (non-hydrogen) atoms. The van der Waals surface area contributed by atoms with Crippen LogP contribution in [0, 0.1) is 0 Å². The monoisotopic (exact) mass is 258 g/mol. The van der Waals surface area contributed by atoms with E-state index in [9.17, 15) is 4.79 Å². The zero-order valence-corrected chi connectivity index (χ0v) is 10.2. The van der Waals surface area contributed by atoms with Crippen LogP contribution in [0.25, 0.3) is 0 Å². The van der Waals surface area contributed by atoms with E-state index in [1.807, 2.05) is 0 Å². The van der Waals surface area contributed by atoms with Gasteiger partial charge in [0.05, 0.1) is 0 Å². The number of hydrogen-bond acceptors (Lipinski definition) is 2. The summed E-state index contributed by atoms with van der Waals surface area (Å²) in [4.78, 5) is 23.3. The van der Waals surface area contributed by atoms with Gasteiger partial charge in [-0.05, 0) is 0 Å². The normalized spacial score (nSPS) is 125. The third-order valence-electron chi connectivity index (χ3n) is 15.5. The molecule has 0 aromatic carbocycles. The molecule has 0 amide bonds. The predicted molar refractivity (Wildman–Crippen MR) is 53.1 cm³/mol. The Balaban J connectivity index is 1.53. The molecule has 0 N–H and O–H groups in total. The Hall–Kier alpha value is -0.0105. The molecule has 0 aliphatic carbocycles. The maximum atomic E-state index is 11.2. The van der Waals surface area contributed by atoms with Crippen LogP contribution in [-0.4, -0.2) is 12.6 Å². The van der Waals surface area contributed by atoms with Crippen LogP contribution in [0.5, 0.6) is 0 Å². The van der Waals surface area contributed by atoms with E-state index in [1.54, 1.807) is 6.92 Å². The van der Waals surface area contributed by atoms with Crippen LogP contribution < -0.4 is 0 Å². The molecule has 3 heteroatoms. The van der Waals surface area contributed by atoms with Gasteiger partial charge >= 0.3 is 83.2 Å². The molecule has 0 bridgehead atoms. The molecule has 10 saturated heterocycles. The van der Waals surface area contributed by atoms with Crippen LogP contribution in [0.3, 0.4) is 0 Å². The molecule has 10 aliphatic rings. The molecule has 2 nitrogen and oxygen atoms in total. The van der Waals surface area contributed by atoms with Crippen LogP contribution in [0.4, 0.5) is 0 Å². The van der Waals surface area contributed by atoms with E-state index < -0.39 is 6.51 Å². The zero-order valence-electron chi connectivity index (χ0n) is 9.07. The van der Waals surface area contributed by atoms with Crippen molar-refractivity contribution in [1.82, 2.24) is 0 Å². The molecule has 86 valence electrons. The zero-order chi connectivity index (χ0) is 10.0. The van der Waals surface area contributed by atoms with E-state index in [0.717, 1.165) is 10.9 Å². The number of carbonyl (C=O) groups is 1. The van der Waals surface area contributed by atoms with Gasteiger partial charge in [-0.1, -0.05) is 0 Å². The first-order chi connectivity index (χ1) is 7.46. The van der Waals surface area contributed by atoms with E-state index in [0.29, 0.717) is 0 Å². The quantitative estimate of drug-likeness (QED) is 0.561. The first-order valence-electron chi connectivity index (χ1n) is 6.81. The van der Waals surface area contributed by atoms with Crippen molar-refractivity contribution >= 4 is 5.97 Å². The van der Waals surface area contributed by atoms with Crippen LogP contribution in [-0.2, 0) is 16.0 Å². The summed E-state index contributed by atoms with van der Waals surface area (Å²) < 4.78 is 6.35. The third-order valence-corrected chi connectivity index (χ3v) is 58.4. The van der Waals surface area contributed by atoms with Crippen molar-refractivity contribution in [3.63, 3.8) is 0 Å². The Bertz CT molecular complexity index is 879. The Labute approximate surface area is 83.4 Å². The number of esters is 1. The number of ether oxygens (including phenoxy) is 1. The molecule has 10 aliphatic heterocycles. The second kappa shape index (κ2) is 0.426. The molecular weight excluding hydrogens is 244 g/mol. The van der Waals surface area contributed by atoms with Gasteiger partial charge in [-0.15, -0.1) is 0 Å². The minimum absolute atomic E-state index is 0.0176. The van der Waals surface area contributed by atoms with Crippen LogP contribution >= 0.6 is 0 Å². The molecule has 0 radical (unpaired) electrons. The standard InChI is InChI=1S/C8H9O2.C5H5.Fe/c1-7(9)10-6-8-4-2-3-5-8;1-2-4-5-3-1;/h2-5H,6H2,1H3;1-5H;.